The summed E-state index contributed by atoms with van der Waals surface area (Å²) in [5.74, 6) is -0.000819. The molecule has 3 aromatic rings. The van der Waals surface area contributed by atoms with Crippen molar-refractivity contribution in [2.24, 2.45) is 5.73 Å². The van der Waals surface area contributed by atoms with Crippen LogP contribution in [0.2, 0.25) is 0 Å². The number of benzene rings is 2. The van der Waals surface area contributed by atoms with Crippen molar-refractivity contribution in [2.45, 2.75) is 44.3 Å². The first-order chi connectivity index (χ1) is 14.0. The lowest BCUT2D eigenvalue weighted by molar-refractivity contribution is -0.129. The molecule has 1 aliphatic rings. The summed E-state index contributed by atoms with van der Waals surface area (Å²) in [5, 5.41) is 0. The van der Waals surface area contributed by atoms with Gasteiger partial charge < -0.3 is 15.0 Å². The van der Waals surface area contributed by atoms with Gasteiger partial charge in [-0.15, -0.1) is 0 Å². The summed E-state index contributed by atoms with van der Waals surface area (Å²) in [7, 11) is 0. The van der Waals surface area contributed by atoms with Crippen LogP contribution >= 0.6 is 0 Å². The van der Waals surface area contributed by atoms with Crippen LogP contribution in [-0.4, -0.2) is 21.6 Å². The van der Waals surface area contributed by atoms with Gasteiger partial charge in [0.1, 0.15) is 11.6 Å². The number of halogens is 1. The largest absolute Gasteiger partial charge is 0.372 e. The third-order valence-corrected chi connectivity index (χ3v) is 5.86. The number of carbonyl (C=O) groups is 1. The third kappa shape index (κ3) is 3.44. The average molecular weight is 393 g/mol. The molecule has 0 saturated heterocycles. The summed E-state index contributed by atoms with van der Waals surface area (Å²) in [4.78, 5) is 16.6. The third-order valence-electron chi connectivity index (χ3n) is 5.86. The summed E-state index contributed by atoms with van der Waals surface area (Å²) in [5.41, 5.74) is 7.05. The highest BCUT2D eigenvalue weighted by atomic mass is 19.1. The highest BCUT2D eigenvalue weighted by molar-refractivity contribution is 5.88. The van der Waals surface area contributed by atoms with E-state index >= 15 is 0 Å². The molecule has 1 heterocycles. The molecule has 1 fully saturated rings. The minimum Gasteiger partial charge on any atom is -0.372 e. The van der Waals surface area contributed by atoms with E-state index in [1.165, 1.54) is 6.07 Å². The average Bonchev–Trinajstić information content (AvgIpc) is 3.34. The van der Waals surface area contributed by atoms with E-state index in [4.69, 9.17) is 10.5 Å². The first-order valence-electron chi connectivity index (χ1n) is 9.78. The zero-order valence-corrected chi connectivity index (χ0v) is 16.3. The highest BCUT2D eigenvalue weighted by Crippen LogP contribution is 2.43. The van der Waals surface area contributed by atoms with Gasteiger partial charge in [-0.05, 0) is 49.4 Å². The molecule has 6 heteroatoms. The Balaban J connectivity index is 1.54. The first kappa shape index (κ1) is 19.3. The van der Waals surface area contributed by atoms with Gasteiger partial charge in [0.2, 0.25) is 5.91 Å². The van der Waals surface area contributed by atoms with E-state index < -0.39 is 5.41 Å². The Labute approximate surface area is 169 Å². The maximum Gasteiger partial charge on any atom is 0.230 e. The van der Waals surface area contributed by atoms with Gasteiger partial charge in [0.25, 0.3) is 0 Å². The number of imidazole rings is 1. The van der Waals surface area contributed by atoms with Crippen molar-refractivity contribution in [3.8, 4) is 5.69 Å². The number of nitrogens with two attached hydrogens (primary N) is 1. The second-order valence-corrected chi connectivity index (χ2v) is 7.52. The molecule has 29 heavy (non-hydrogen) atoms. The van der Waals surface area contributed by atoms with Crippen LogP contribution in [0.25, 0.3) is 5.69 Å². The molecule has 1 saturated carbocycles. The van der Waals surface area contributed by atoms with E-state index in [9.17, 15) is 9.18 Å². The molecular weight excluding hydrogens is 369 g/mol. The molecule has 2 aromatic carbocycles. The molecule has 1 amide bonds. The van der Waals surface area contributed by atoms with E-state index in [2.05, 4.69) is 4.98 Å². The van der Waals surface area contributed by atoms with Gasteiger partial charge in [-0.25, -0.2) is 9.37 Å². The Kier molecular flexibility index (Phi) is 5.20. The Morgan fingerprint density at radius 3 is 2.76 bits per heavy atom. The van der Waals surface area contributed by atoms with Gasteiger partial charge in [-0.3, -0.25) is 4.79 Å². The number of aryl methyl sites for hydroxylation is 1. The number of ether oxygens (including phenoxy) is 1. The Hall–Kier alpha value is -2.99. The fraction of sp³-hybridized carbons (Fsp3) is 0.304. The zero-order valence-electron chi connectivity index (χ0n) is 16.3. The van der Waals surface area contributed by atoms with Crippen LogP contribution in [0.4, 0.5) is 4.39 Å². The molecule has 2 atom stereocenters. The van der Waals surface area contributed by atoms with Gasteiger partial charge in [-0.1, -0.05) is 36.4 Å². The van der Waals surface area contributed by atoms with Crippen molar-refractivity contribution in [3.05, 3.63) is 83.7 Å². The van der Waals surface area contributed by atoms with E-state index in [-0.39, 0.29) is 24.4 Å². The van der Waals surface area contributed by atoms with Crippen LogP contribution in [0.15, 0.2) is 60.9 Å². The number of amides is 1. The molecule has 5 nitrogen and oxygen atoms in total. The van der Waals surface area contributed by atoms with Gasteiger partial charge in [-0.2, -0.15) is 0 Å². The summed E-state index contributed by atoms with van der Waals surface area (Å²) < 4.78 is 22.5. The van der Waals surface area contributed by atoms with Crippen LogP contribution in [-0.2, 0) is 21.6 Å². The van der Waals surface area contributed by atoms with Crippen molar-refractivity contribution < 1.29 is 13.9 Å². The standard InChI is InChI=1S/C23H24FN3O2/c1-16-26-12-13-27(16)20-10-9-17(14-19(20)24)15-29-21-8-5-11-23(21,22(25)28)18-6-3-2-4-7-18/h2-4,6-7,9-10,12-14,21H,5,8,11,15H2,1H3,(H2,25,28). The summed E-state index contributed by atoms with van der Waals surface area (Å²) in [6, 6.07) is 14.6. The molecular formula is C23H24FN3O2. The number of carbonyl (C=O) groups excluding carboxylic acids is 1. The predicted molar refractivity (Wildman–Crippen MR) is 108 cm³/mol. The van der Waals surface area contributed by atoms with Crippen molar-refractivity contribution in [2.75, 3.05) is 0 Å². The second kappa shape index (κ2) is 7.79. The van der Waals surface area contributed by atoms with E-state index in [0.717, 1.165) is 18.4 Å². The minimum atomic E-state index is -0.840. The molecule has 1 aromatic heterocycles. The number of rotatable bonds is 6. The lowest BCUT2D eigenvalue weighted by Gasteiger charge is -2.33. The number of nitrogens with zero attached hydrogens (tertiary/aromatic N) is 2. The molecule has 150 valence electrons. The molecule has 0 aliphatic heterocycles. The Bertz CT molecular complexity index is 1020. The normalized spacial score (nSPS) is 21.4. The summed E-state index contributed by atoms with van der Waals surface area (Å²) >= 11 is 0. The zero-order chi connectivity index (χ0) is 20.4. The fourth-order valence-electron chi connectivity index (χ4n) is 4.35. The van der Waals surface area contributed by atoms with Crippen LogP contribution in [0, 0.1) is 12.7 Å². The Morgan fingerprint density at radius 1 is 1.31 bits per heavy atom. The number of hydrogen-bond donors (Lipinski definition) is 1. The van der Waals surface area contributed by atoms with Crippen molar-refractivity contribution >= 4 is 5.91 Å². The van der Waals surface area contributed by atoms with Crippen LogP contribution < -0.4 is 5.73 Å². The van der Waals surface area contributed by atoms with Gasteiger partial charge in [0.05, 0.1) is 23.8 Å². The maximum absolute atomic E-state index is 14.7. The maximum atomic E-state index is 14.7. The molecule has 0 spiro atoms. The Morgan fingerprint density at radius 2 is 2.10 bits per heavy atom. The SMILES string of the molecule is Cc1nccn1-c1ccc(COC2CCCC2(C(N)=O)c2ccccc2)cc1F. The lowest BCUT2D eigenvalue weighted by atomic mass is 9.76. The van der Waals surface area contributed by atoms with E-state index in [1.54, 1.807) is 23.0 Å². The van der Waals surface area contributed by atoms with Crippen LogP contribution in [0.5, 0.6) is 0 Å². The fourth-order valence-corrected chi connectivity index (χ4v) is 4.35. The van der Waals surface area contributed by atoms with E-state index in [1.807, 2.05) is 43.3 Å². The van der Waals surface area contributed by atoms with E-state index in [0.29, 0.717) is 23.5 Å². The summed E-state index contributed by atoms with van der Waals surface area (Å²) in [6.45, 7) is 2.04. The van der Waals surface area contributed by atoms with Crippen LogP contribution in [0.1, 0.15) is 36.2 Å². The first-order valence-corrected chi connectivity index (χ1v) is 9.78. The molecule has 4 rings (SSSR count). The summed E-state index contributed by atoms with van der Waals surface area (Å²) in [6.07, 6.45) is 5.29. The second-order valence-electron chi connectivity index (χ2n) is 7.52. The van der Waals surface area contributed by atoms with Gasteiger partial charge in [0, 0.05) is 12.4 Å². The molecule has 0 radical (unpaired) electrons. The predicted octanol–water partition coefficient (Wildman–Crippen LogP) is 3.81. The topological polar surface area (TPSA) is 70.1 Å². The smallest absolute Gasteiger partial charge is 0.230 e. The van der Waals surface area contributed by atoms with Crippen molar-refractivity contribution in [3.63, 3.8) is 0 Å². The number of aromatic nitrogens is 2. The van der Waals surface area contributed by atoms with Gasteiger partial charge in [0.15, 0.2) is 0 Å². The molecule has 2 N–H and O–H groups in total. The number of hydrogen-bond acceptors (Lipinski definition) is 3. The monoisotopic (exact) mass is 393 g/mol. The number of primary amides is 1. The molecule has 1 aliphatic carbocycles. The van der Waals surface area contributed by atoms with Crippen molar-refractivity contribution in [1.29, 1.82) is 0 Å². The highest BCUT2D eigenvalue weighted by Gasteiger charge is 2.49. The lowest BCUT2D eigenvalue weighted by Crippen LogP contribution is -2.48. The molecule has 2 unspecified atom stereocenters. The van der Waals surface area contributed by atoms with Gasteiger partial charge >= 0.3 is 0 Å². The van der Waals surface area contributed by atoms with Crippen LogP contribution in [0.3, 0.4) is 0 Å². The quantitative estimate of drug-likeness (QED) is 0.692. The molecule has 0 bridgehead atoms. The van der Waals surface area contributed by atoms with Crippen molar-refractivity contribution in [1.82, 2.24) is 9.55 Å². The minimum absolute atomic E-state index is 0.215.